The molecule has 0 unspecified atom stereocenters. The number of carbonyl (C=O) groups is 1. The van der Waals surface area contributed by atoms with Crippen molar-refractivity contribution < 1.29 is 13.2 Å². The first-order valence-electron chi connectivity index (χ1n) is 8.03. The Morgan fingerprint density at radius 3 is 2.31 bits per heavy atom. The van der Waals surface area contributed by atoms with Gasteiger partial charge in [0.1, 0.15) is 5.69 Å². The minimum absolute atomic E-state index is 0.0671. The zero-order chi connectivity index (χ0) is 18.7. The van der Waals surface area contributed by atoms with Gasteiger partial charge in [-0.25, -0.2) is 8.42 Å². The molecular weight excluding hydrogens is 348 g/mol. The fourth-order valence-corrected chi connectivity index (χ4v) is 3.61. The molecule has 26 heavy (non-hydrogen) atoms. The van der Waals surface area contributed by atoms with Crippen LogP contribution in [-0.2, 0) is 10.0 Å². The minimum Gasteiger partial charge on any atom is -0.287 e. The number of hydrogen-bond donors (Lipinski definition) is 1. The van der Waals surface area contributed by atoms with Crippen LogP contribution < -0.4 is 4.72 Å². The number of aryl methyl sites for hydroxylation is 2. The maximum Gasteiger partial charge on any atom is 0.261 e. The Labute approximate surface area is 152 Å². The standard InChI is InChI=1S/C20H18N2O3S/c1-14-9-11-16(12-10-14)26(24,25)22-18-8-5-13-21-19(18)20(23)17-7-4-3-6-15(17)2/h3-13,22H,1-2H3. The van der Waals surface area contributed by atoms with E-state index in [1.165, 1.54) is 24.4 Å². The maximum atomic E-state index is 12.9. The molecule has 3 aromatic rings. The summed E-state index contributed by atoms with van der Waals surface area (Å²) in [5.74, 6) is -0.328. The molecule has 3 rings (SSSR count). The van der Waals surface area contributed by atoms with Crippen LogP contribution in [0.1, 0.15) is 27.2 Å². The normalized spacial score (nSPS) is 11.2. The fraction of sp³-hybridized carbons (Fsp3) is 0.100. The SMILES string of the molecule is Cc1ccc(S(=O)(=O)Nc2cccnc2C(=O)c2ccccc2C)cc1. The molecule has 0 spiro atoms. The number of pyridine rings is 1. The lowest BCUT2D eigenvalue weighted by atomic mass is 10.0. The van der Waals surface area contributed by atoms with E-state index < -0.39 is 10.0 Å². The van der Waals surface area contributed by atoms with E-state index in [1.54, 1.807) is 30.3 Å². The quantitative estimate of drug-likeness (QED) is 0.698. The van der Waals surface area contributed by atoms with Crippen molar-refractivity contribution in [2.45, 2.75) is 18.7 Å². The molecule has 1 N–H and O–H groups in total. The lowest BCUT2D eigenvalue weighted by Crippen LogP contribution is -2.17. The summed E-state index contributed by atoms with van der Waals surface area (Å²) in [6, 6.07) is 16.7. The van der Waals surface area contributed by atoms with Crippen molar-refractivity contribution in [3.63, 3.8) is 0 Å². The number of hydrogen-bond acceptors (Lipinski definition) is 4. The van der Waals surface area contributed by atoms with Gasteiger partial charge in [-0.2, -0.15) is 0 Å². The topological polar surface area (TPSA) is 76.1 Å². The Morgan fingerprint density at radius 1 is 0.923 bits per heavy atom. The van der Waals surface area contributed by atoms with Gasteiger partial charge in [0.05, 0.1) is 10.6 Å². The second-order valence-corrected chi connectivity index (χ2v) is 7.64. The summed E-state index contributed by atoms with van der Waals surface area (Å²) in [5, 5.41) is 0. The predicted molar refractivity (Wildman–Crippen MR) is 101 cm³/mol. The number of nitrogens with one attached hydrogen (secondary N) is 1. The molecule has 0 bridgehead atoms. The second kappa shape index (κ2) is 7.09. The number of ketones is 1. The fourth-order valence-electron chi connectivity index (χ4n) is 2.54. The van der Waals surface area contributed by atoms with Crippen molar-refractivity contribution in [1.82, 2.24) is 4.98 Å². The number of carbonyl (C=O) groups excluding carboxylic acids is 1. The van der Waals surface area contributed by atoms with Gasteiger partial charge in [-0.3, -0.25) is 14.5 Å². The molecule has 0 saturated heterocycles. The number of nitrogens with zero attached hydrogens (tertiary/aromatic N) is 1. The average Bonchev–Trinajstić information content (AvgIpc) is 2.62. The van der Waals surface area contributed by atoms with Gasteiger partial charge < -0.3 is 0 Å². The summed E-state index contributed by atoms with van der Waals surface area (Å²) >= 11 is 0. The molecule has 6 heteroatoms. The first kappa shape index (κ1) is 17.8. The van der Waals surface area contributed by atoms with Crippen LogP contribution in [0.15, 0.2) is 71.8 Å². The lowest BCUT2D eigenvalue weighted by Gasteiger charge is -2.12. The molecule has 0 amide bonds. The monoisotopic (exact) mass is 366 g/mol. The number of rotatable bonds is 5. The summed E-state index contributed by atoms with van der Waals surface area (Å²) in [7, 11) is -3.82. The van der Waals surface area contributed by atoms with Crippen LogP contribution in [0.25, 0.3) is 0 Å². The van der Waals surface area contributed by atoms with Crippen LogP contribution >= 0.6 is 0 Å². The van der Waals surface area contributed by atoms with Crippen LogP contribution in [0, 0.1) is 13.8 Å². The van der Waals surface area contributed by atoms with Crippen LogP contribution in [0.5, 0.6) is 0 Å². The minimum atomic E-state index is -3.82. The van der Waals surface area contributed by atoms with Crippen LogP contribution in [-0.4, -0.2) is 19.2 Å². The molecule has 0 atom stereocenters. The Hall–Kier alpha value is -2.99. The van der Waals surface area contributed by atoms with Crippen molar-refractivity contribution in [3.8, 4) is 0 Å². The zero-order valence-electron chi connectivity index (χ0n) is 14.4. The zero-order valence-corrected chi connectivity index (χ0v) is 15.2. The van der Waals surface area contributed by atoms with E-state index in [9.17, 15) is 13.2 Å². The average molecular weight is 366 g/mol. The third kappa shape index (κ3) is 3.65. The molecular formula is C20H18N2O3S. The van der Waals surface area contributed by atoms with E-state index in [0.717, 1.165) is 11.1 Å². The van der Waals surface area contributed by atoms with Gasteiger partial charge >= 0.3 is 0 Å². The lowest BCUT2D eigenvalue weighted by molar-refractivity contribution is 0.103. The Kier molecular flexibility index (Phi) is 4.86. The third-order valence-corrected chi connectivity index (χ3v) is 5.37. The van der Waals surface area contributed by atoms with Gasteiger partial charge in [0, 0.05) is 11.8 Å². The Morgan fingerprint density at radius 2 is 1.62 bits per heavy atom. The highest BCUT2D eigenvalue weighted by Crippen LogP contribution is 2.22. The number of aromatic nitrogens is 1. The van der Waals surface area contributed by atoms with E-state index in [0.29, 0.717) is 5.56 Å². The molecule has 0 aliphatic rings. The highest BCUT2D eigenvalue weighted by molar-refractivity contribution is 7.92. The number of benzene rings is 2. The molecule has 132 valence electrons. The van der Waals surface area contributed by atoms with E-state index in [2.05, 4.69) is 9.71 Å². The summed E-state index contributed by atoms with van der Waals surface area (Å²) in [6.07, 6.45) is 1.47. The van der Waals surface area contributed by atoms with E-state index in [4.69, 9.17) is 0 Å². The predicted octanol–water partition coefficient (Wildman–Crippen LogP) is 3.73. The van der Waals surface area contributed by atoms with Crippen LogP contribution in [0.3, 0.4) is 0 Å². The highest BCUT2D eigenvalue weighted by Gasteiger charge is 2.21. The summed E-state index contributed by atoms with van der Waals surface area (Å²) < 4.78 is 27.8. The van der Waals surface area contributed by atoms with Gasteiger partial charge in [-0.1, -0.05) is 42.0 Å². The van der Waals surface area contributed by atoms with Crippen LogP contribution in [0.2, 0.25) is 0 Å². The molecule has 2 aromatic carbocycles. The molecule has 1 heterocycles. The van der Waals surface area contributed by atoms with E-state index in [-0.39, 0.29) is 22.1 Å². The van der Waals surface area contributed by atoms with Crippen LogP contribution in [0.4, 0.5) is 5.69 Å². The summed E-state index contributed by atoms with van der Waals surface area (Å²) in [5.41, 5.74) is 2.47. The maximum absolute atomic E-state index is 12.9. The van der Waals surface area contributed by atoms with Gasteiger partial charge in [-0.05, 0) is 43.7 Å². The third-order valence-electron chi connectivity index (χ3n) is 3.99. The Bertz CT molecular complexity index is 1060. The van der Waals surface area contributed by atoms with Crippen molar-refractivity contribution in [2.75, 3.05) is 4.72 Å². The van der Waals surface area contributed by atoms with Crippen molar-refractivity contribution in [3.05, 3.63) is 89.2 Å². The molecule has 0 saturated carbocycles. The smallest absolute Gasteiger partial charge is 0.261 e. The van der Waals surface area contributed by atoms with E-state index >= 15 is 0 Å². The number of anilines is 1. The van der Waals surface area contributed by atoms with Gasteiger partial charge in [0.15, 0.2) is 0 Å². The summed E-state index contributed by atoms with van der Waals surface area (Å²) in [4.78, 5) is 17.1. The van der Waals surface area contributed by atoms with Crippen molar-refractivity contribution in [1.29, 1.82) is 0 Å². The Balaban J connectivity index is 1.99. The van der Waals surface area contributed by atoms with Gasteiger partial charge in [-0.15, -0.1) is 0 Å². The molecule has 1 aromatic heterocycles. The second-order valence-electron chi connectivity index (χ2n) is 5.96. The van der Waals surface area contributed by atoms with Gasteiger partial charge in [0.2, 0.25) is 5.78 Å². The first-order chi connectivity index (χ1) is 12.4. The van der Waals surface area contributed by atoms with E-state index in [1.807, 2.05) is 26.0 Å². The molecule has 0 aliphatic carbocycles. The summed E-state index contributed by atoms with van der Waals surface area (Å²) in [6.45, 7) is 3.70. The molecule has 0 radical (unpaired) electrons. The van der Waals surface area contributed by atoms with Crippen molar-refractivity contribution in [2.24, 2.45) is 0 Å². The highest BCUT2D eigenvalue weighted by atomic mass is 32.2. The molecule has 0 fully saturated rings. The van der Waals surface area contributed by atoms with Gasteiger partial charge in [0.25, 0.3) is 10.0 Å². The van der Waals surface area contributed by atoms with Crippen molar-refractivity contribution >= 4 is 21.5 Å². The molecule has 0 aliphatic heterocycles. The first-order valence-corrected chi connectivity index (χ1v) is 9.51. The largest absolute Gasteiger partial charge is 0.287 e. The molecule has 5 nitrogen and oxygen atoms in total. The number of sulfonamides is 1.